The molecule has 2 N–H and O–H groups in total. The summed E-state index contributed by atoms with van der Waals surface area (Å²) in [4.78, 5) is 8.90. The maximum absolute atomic E-state index is 4.85. The van der Waals surface area contributed by atoms with Gasteiger partial charge in [0, 0.05) is 31.1 Å². The van der Waals surface area contributed by atoms with E-state index in [9.17, 15) is 0 Å². The number of nitrogens with zero attached hydrogens (tertiary/aromatic N) is 2. The van der Waals surface area contributed by atoms with Gasteiger partial charge in [0.1, 0.15) is 0 Å². The van der Waals surface area contributed by atoms with Gasteiger partial charge in [0.2, 0.25) is 0 Å². The van der Waals surface area contributed by atoms with Crippen LogP contribution in [0.1, 0.15) is 30.2 Å². The quantitative estimate of drug-likeness (QED) is 0.538. The molecule has 2 aromatic rings. The first-order valence-corrected chi connectivity index (χ1v) is 11.0. The van der Waals surface area contributed by atoms with E-state index in [0.29, 0.717) is 5.92 Å². The summed E-state index contributed by atoms with van der Waals surface area (Å²) in [6.45, 7) is 8.35. The Bertz CT molecular complexity index is 661. The van der Waals surface area contributed by atoms with Crippen molar-refractivity contribution in [3.8, 4) is 0 Å². The normalized spacial score (nSPS) is 16.4. The predicted molar refractivity (Wildman–Crippen MR) is 116 cm³/mol. The molecule has 0 bridgehead atoms. The first-order chi connectivity index (χ1) is 13.3. The molecule has 0 spiro atoms. The molecule has 1 fully saturated rings. The third-order valence-corrected chi connectivity index (χ3v) is 5.93. The van der Waals surface area contributed by atoms with Gasteiger partial charge in [-0.05, 0) is 62.2 Å². The van der Waals surface area contributed by atoms with Crippen molar-refractivity contribution in [3.05, 3.63) is 58.3 Å². The van der Waals surface area contributed by atoms with E-state index in [-0.39, 0.29) is 0 Å². The fraction of sp³-hybridized carbons (Fsp3) is 0.500. The molecular formula is C22H32N4S. The molecule has 1 aliphatic heterocycles. The first-order valence-electron chi connectivity index (χ1n) is 10.1. The van der Waals surface area contributed by atoms with Crippen molar-refractivity contribution in [2.24, 2.45) is 10.9 Å². The summed E-state index contributed by atoms with van der Waals surface area (Å²) in [5.41, 5.74) is 1.36. The summed E-state index contributed by atoms with van der Waals surface area (Å²) in [5, 5.41) is 9.02. The van der Waals surface area contributed by atoms with Gasteiger partial charge in [0.15, 0.2) is 5.96 Å². The van der Waals surface area contributed by atoms with Gasteiger partial charge in [-0.2, -0.15) is 0 Å². The molecule has 1 aromatic heterocycles. The van der Waals surface area contributed by atoms with Crippen LogP contribution in [0.15, 0.2) is 52.8 Å². The van der Waals surface area contributed by atoms with E-state index >= 15 is 0 Å². The Kier molecular flexibility index (Phi) is 8.18. The van der Waals surface area contributed by atoms with E-state index < -0.39 is 0 Å². The van der Waals surface area contributed by atoms with Gasteiger partial charge in [-0.25, -0.2) is 0 Å². The fourth-order valence-electron chi connectivity index (χ4n) is 3.48. The Hall–Kier alpha value is -1.85. The van der Waals surface area contributed by atoms with Gasteiger partial charge in [0.25, 0.3) is 0 Å². The number of benzene rings is 1. The highest BCUT2D eigenvalue weighted by molar-refractivity contribution is 7.09. The van der Waals surface area contributed by atoms with Crippen molar-refractivity contribution in [2.75, 3.05) is 32.7 Å². The topological polar surface area (TPSA) is 39.7 Å². The maximum atomic E-state index is 4.85. The van der Waals surface area contributed by atoms with Crippen molar-refractivity contribution in [2.45, 2.75) is 32.7 Å². The molecule has 2 heterocycles. The SMILES string of the molecule is CCNC(=NCC1CCN(Cc2cccs2)CC1)NCCc1ccccc1. The molecule has 0 saturated carbocycles. The summed E-state index contributed by atoms with van der Waals surface area (Å²) in [6.07, 6.45) is 3.52. The van der Waals surface area contributed by atoms with Gasteiger partial charge in [0.05, 0.1) is 0 Å². The number of hydrogen-bond acceptors (Lipinski definition) is 3. The summed E-state index contributed by atoms with van der Waals surface area (Å²) in [7, 11) is 0. The summed E-state index contributed by atoms with van der Waals surface area (Å²) >= 11 is 1.86. The van der Waals surface area contributed by atoms with Crippen LogP contribution in [0.2, 0.25) is 0 Å². The predicted octanol–water partition coefficient (Wildman–Crippen LogP) is 3.76. The minimum Gasteiger partial charge on any atom is -0.357 e. The second kappa shape index (κ2) is 11.1. The summed E-state index contributed by atoms with van der Waals surface area (Å²) < 4.78 is 0. The maximum Gasteiger partial charge on any atom is 0.191 e. The Labute approximate surface area is 167 Å². The lowest BCUT2D eigenvalue weighted by Gasteiger charge is -2.31. The van der Waals surface area contributed by atoms with Crippen molar-refractivity contribution < 1.29 is 0 Å². The molecule has 3 rings (SSSR count). The third kappa shape index (κ3) is 7.00. The number of piperidine rings is 1. The van der Waals surface area contributed by atoms with Crippen LogP contribution in [0.3, 0.4) is 0 Å². The third-order valence-electron chi connectivity index (χ3n) is 5.07. The van der Waals surface area contributed by atoms with Crippen LogP contribution in [0.4, 0.5) is 0 Å². The Morgan fingerprint density at radius 2 is 1.93 bits per heavy atom. The van der Waals surface area contributed by atoms with E-state index in [1.165, 1.54) is 36.4 Å². The highest BCUT2D eigenvalue weighted by atomic mass is 32.1. The van der Waals surface area contributed by atoms with Crippen LogP contribution in [-0.2, 0) is 13.0 Å². The van der Waals surface area contributed by atoms with Gasteiger partial charge >= 0.3 is 0 Å². The average molecular weight is 385 g/mol. The van der Waals surface area contributed by atoms with Crippen LogP contribution < -0.4 is 10.6 Å². The molecule has 5 heteroatoms. The molecule has 4 nitrogen and oxygen atoms in total. The van der Waals surface area contributed by atoms with Gasteiger partial charge < -0.3 is 10.6 Å². The zero-order chi connectivity index (χ0) is 18.7. The number of thiophene rings is 1. The number of aliphatic imine (C=N–C) groups is 1. The van der Waals surface area contributed by atoms with Crippen molar-refractivity contribution in [1.82, 2.24) is 15.5 Å². The summed E-state index contributed by atoms with van der Waals surface area (Å²) in [6, 6.07) is 15.0. The molecule has 146 valence electrons. The Balaban J connectivity index is 1.39. The van der Waals surface area contributed by atoms with Crippen molar-refractivity contribution in [1.29, 1.82) is 0 Å². The van der Waals surface area contributed by atoms with E-state index in [1.807, 2.05) is 11.3 Å². The molecular weight excluding hydrogens is 352 g/mol. The number of likely N-dealkylation sites (tertiary alicyclic amines) is 1. The smallest absolute Gasteiger partial charge is 0.191 e. The van der Waals surface area contributed by atoms with Crippen LogP contribution in [-0.4, -0.2) is 43.6 Å². The standard InChI is InChI=1S/C22H32N4S/c1-2-23-22(24-13-10-19-7-4-3-5-8-19)25-17-20-11-14-26(15-12-20)18-21-9-6-16-27-21/h3-9,16,20H,2,10-15,17-18H2,1H3,(H2,23,24,25). The van der Waals surface area contributed by atoms with E-state index in [1.54, 1.807) is 0 Å². The zero-order valence-corrected chi connectivity index (χ0v) is 17.2. The second-order valence-corrected chi connectivity index (χ2v) is 8.21. The molecule has 27 heavy (non-hydrogen) atoms. The van der Waals surface area contributed by atoms with Gasteiger partial charge in [-0.1, -0.05) is 36.4 Å². The number of nitrogens with one attached hydrogen (secondary N) is 2. The fourth-order valence-corrected chi connectivity index (χ4v) is 4.23. The van der Waals surface area contributed by atoms with Crippen LogP contribution in [0, 0.1) is 5.92 Å². The molecule has 0 aliphatic carbocycles. The molecule has 0 radical (unpaired) electrons. The van der Waals surface area contributed by atoms with Crippen LogP contribution >= 0.6 is 11.3 Å². The first kappa shape index (κ1) is 19.9. The molecule has 1 saturated heterocycles. The van der Waals surface area contributed by atoms with Crippen LogP contribution in [0.5, 0.6) is 0 Å². The number of hydrogen-bond donors (Lipinski definition) is 2. The molecule has 0 unspecified atom stereocenters. The second-order valence-electron chi connectivity index (χ2n) is 7.18. The molecule has 1 aromatic carbocycles. The lowest BCUT2D eigenvalue weighted by atomic mass is 9.97. The average Bonchev–Trinajstić information content (AvgIpc) is 3.21. The molecule has 1 aliphatic rings. The van der Waals surface area contributed by atoms with E-state index in [0.717, 1.165) is 38.6 Å². The summed E-state index contributed by atoms with van der Waals surface area (Å²) in [5.74, 6) is 1.66. The van der Waals surface area contributed by atoms with Crippen molar-refractivity contribution in [3.63, 3.8) is 0 Å². The van der Waals surface area contributed by atoms with Crippen molar-refractivity contribution >= 4 is 17.3 Å². The van der Waals surface area contributed by atoms with E-state index in [4.69, 9.17) is 4.99 Å². The molecule has 0 atom stereocenters. The van der Waals surface area contributed by atoms with Gasteiger partial charge in [-0.3, -0.25) is 9.89 Å². The van der Waals surface area contributed by atoms with Crippen LogP contribution in [0.25, 0.3) is 0 Å². The zero-order valence-electron chi connectivity index (χ0n) is 16.4. The monoisotopic (exact) mass is 384 g/mol. The molecule has 0 amide bonds. The number of rotatable bonds is 8. The minimum absolute atomic E-state index is 0.703. The van der Waals surface area contributed by atoms with E-state index in [2.05, 4.69) is 70.3 Å². The minimum atomic E-state index is 0.703. The largest absolute Gasteiger partial charge is 0.357 e. The number of guanidine groups is 1. The lowest BCUT2D eigenvalue weighted by Crippen LogP contribution is -2.39. The van der Waals surface area contributed by atoms with Gasteiger partial charge in [-0.15, -0.1) is 11.3 Å². The lowest BCUT2D eigenvalue weighted by molar-refractivity contribution is 0.182. The Morgan fingerprint density at radius 1 is 1.11 bits per heavy atom. The highest BCUT2D eigenvalue weighted by Gasteiger charge is 2.19. The highest BCUT2D eigenvalue weighted by Crippen LogP contribution is 2.20. The Morgan fingerprint density at radius 3 is 2.63 bits per heavy atom.